The molecule has 1 aromatic carbocycles. The Bertz CT molecular complexity index is 810. The van der Waals surface area contributed by atoms with E-state index in [1.54, 1.807) is 12.4 Å². The lowest BCUT2D eigenvalue weighted by Gasteiger charge is -2.35. The molecule has 0 saturated heterocycles. The monoisotopic (exact) mass is 451 g/mol. The minimum atomic E-state index is 0.602. The van der Waals surface area contributed by atoms with Crippen LogP contribution in [0.25, 0.3) is 0 Å². The van der Waals surface area contributed by atoms with Gasteiger partial charge in [-0.3, -0.25) is 4.98 Å². The van der Waals surface area contributed by atoms with Gasteiger partial charge in [0.25, 0.3) is 0 Å². The number of hydrogen-bond acceptors (Lipinski definition) is 3. The summed E-state index contributed by atoms with van der Waals surface area (Å²) in [5.41, 5.74) is 5.02. The van der Waals surface area contributed by atoms with Crippen LogP contribution in [-0.4, -0.2) is 11.5 Å². The van der Waals surface area contributed by atoms with Crippen molar-refractivity contribution in [3.8, 4) is 12.8 Å². The van der Waals surface area contributed by atoms with E-state index in [-0.39, 0.29) is 0 Å². The zero-order valence-corrected chi connectivity index (χ0v) is 20.6. The van der Waals surface area contributed by atoms with Gasteiger partial charge in [0.15, 0.2) is 0 Å². The van der Waals surface area contributed by atoms with Crippen molar-refractivity contribution in [1.29, 1.82) is 0 Å². The van der Waals surface area contributed by atoms with E-state index in [4.69, 9.17) is 11.6 Å². The van der Waals surface area contributed by atoms with Crippen LogP contribution in [0.1, 0.15) is 58.4 Å². The molecule has 0 atom stereocenters. The van der Waals surface area contributed by atoms with Gasteiger partial charge in [-0.1, -0.05) is 63.4 Å². The standard InChI is InChI=1S/C19H25ClN2.C5H5N.C2H6.C2H2/c1-3-18-13-21-12-16-11-17(20)9-10-19(16)22(18)14(2)15-7-5-4-6-8-15;1-2-4-6-5-3-1;2*1-2/h3,9-11,15,21H,2,4-8,12-13H2,1H3;1-5H;1-2H3;1-2H/b18-3+;;;. The van der Waals surface area contributed by atoms with Crippen LogP contribution in [0.3, 0.4) is 0 Å². The van der Waals surface area contributed by atoms with Crippen LogP contribution in [0.2, 0.25) is 5.02 Å². The number of terminal acetylenes is 1. The number of nitrogens with zero attached hydrogens (tertiary/aromatic N) is 2. The second-order valence-electron chi connectivity index (χ2n) is 7.34. The predicted molar refractivity (Wildman–Crippen MR) is 141 cm³/mol. The fourth-order valence-electron chi connectivity index (χ4n) is 3.97. The number of nitrogens with one attached hydrogen (secondary N) is 1. The normalized spacial score (nSPS) is 16.6. The third-order valence-electron chi connectivity index (χ3n) is 5.45. The largest absolute Gasteiger partial charge is 0.317 e. The summed E-state index contributed by atoms with van der Waals surface area (Å²) in [7, 11) is 0. The Morgan fingerprint density at radius 3 is 2.28 bits per heavy atom. The van der Waals surface area contributed by atoms with E-state index >= 15 is 0 Å². The molecule has 32 heavy (non-hydrogen) atoms. The van der Waals surface area contributed by atoms with E-state index in [2.05, 4.69) is 59.8 Å². The molecule has 4 heteroatoms. The highest BCUT2D eigenvalue weighted by Crippen LogP contribution is 2.38. The molecule has 1 aliphatic heterocycles. The van der Waals surface area contributed by atoms with Crippen molar-refractivity contribution in [2.75, 3.05) is 11.4 Å². The molecule has 2 aliphatic rings. The zero-order valence-electron chi connectivity index (χ0n) is 19.9. The van der Waals surface area contributed by atoms with E-state index in [1.165, 1.54) is 54.7 Å². The quantitative estimate of drug-likeness (QED) is 0.476. The smallest absolute Gasteiger partial charge is 0.0501 e. The third-order valence-corrected chi connectivity index (χ3v) is 5.69. The van der Waals surface area contributed by atoms with Crippen molar-refractivity contribution in [3.63, 3.8) is 0 Å². The van der Waals surface area contributed by atoms with E-state index in [0.29, 0.717) is 5.92 Å². The first kappa shape index (κ1) is 27.5. The van der Waals surface area contributed by atoms with Crippen molar-refractivity contribution in [3.05, 3.63) is 83.4 Å². The second kappa shape index (κ2) is 16.1. The van der Waals surface area contributed by atoms with E-state index in [1.807, 2.05) is 38.1 Å². The van der Waals surface area contributed by atoms with Crippen LogP contribution in [0, 0.1) is 18.8 Å². The number of pyridine rings is 1. The maximum atomic E-state index is 6.19. The maximum absolute atomic E-state index is 6.19. The van der Waals surface area contributed by atoms with Gasteiger partial charge < -0.3 is 10.2 Å². The number of aromatic nitrogens is 1. The van der Waals surface area contributed by atoms with Gasteiger partial charge in [-0.05, 0) is 61.6 Å². The molecule has 2 aromatic rings. The predicted octanol–water partition coefficient (Wildman–Crippen LogP) is 7.60. The molecule has 1 saturated carbocycles. The van der Waals surface area contributed by atoms with Crippen molar-refractivity contribution in [1.82, 2.24) is 10.3 Å². The summed E-state index contributed by atoms with van der Waals surface area (Å²) < 4.78 is 0. The summed E-state index contributed by atoms with van der Waals surface area (Å²) in [6.45, 7) is 12.3. The van der Waals surface area contributed by atoms with Crippen LogP contribution >= 0.6 is 11.6 Å². The number of halogens is 1. The maximum Gasteiger partial charge on any atom is 0.0501 e. The van der Waals surface area contributed by atoms with Gasteiger partial charge in [-0.25, -0.2) is 0 Å². The SMILES string of the molecule is C#C.C=C(C1CCCCC1)N1/C(=C/C)CNCc2cc(Cl)ccc21.CC.c1ccncc1. The van der Waals surface area contributed by atoms with Crippen LogP contribution in [0.5, 0.6) is 0 Å². The molecule has 2 heterocycles. The molecule has 3 nitrogen and oxygen atoms in total. The summed E-state index contributed by atoms with van der Waals surface area (Å²) in [4.78, 5) is 6.16. The highest BCUT2D eigenvalue weighted by Gasteiger charge is 2.26. The molecule has 1 aromatic heterocycles. The van der Waals surface area contributed by atoms with Crippen molar-refractivity contribution in [2.45, 2.75) is 59.4 Å². The molecule has 0 unspecified atom stereocenters. The highest BCUT2D eigenvalue weighted by molar-refractivity contribution is 6.30. The molecule has 1 fully saturated rings. The molecule has 1 N–H and O–H groups in total. The van der Waals surface area contributed by atoms with Gasteiger partial charge in [-0.2, -0.15) is 0 Å². The van der Waals surface area contributed by atoms with E-state index in [9.17, 15) is 0 Å². The van der Waals surface area contributed by atoms with Gasteiger partial charge in [0.1, 0.15) is 0 Å². The molecule has 4 rings (SSSR count). The lowest BCUT2D eigenvalue weighted by Crippen LogP contribution is -2.29. The van der Waals surface area contributed by atoms with Crippen molar-refractivity contribution >= 4 is 17.3 Å². The molecule has 1 aliphatic carbocycles. The zero-order chi connectivity index (χ0) is 23.8. The Hall–Kier alpha value is -2.54. The van der Waals surface area contributed by atoms with Gasteiger partial charge in [0.2, 0.25) is 0 Å². The van der Waals surface area contributed by atoms with Crippen LogP contribution in [0.15, 0.2) is 72.8 Å². The van der Waals surface area contributed by atoms with Gasteiger partial charge >= 0.3 is 0 Å². The summed E-state index contributed by atoms with van der Waals surface area (Å²) >= 11 is 6.19. The first-order valence-electron chi connectivity index (χ1n) is 11.5. The Morgan fingerprint density at radius 1 is 1.09 bits per heavy atom. The van der Waals surface area contributed by atoms with Gasteiger partial charge in [-0.15, -0.1) is 12.8 Å². The molecule has 0 amide bonds. The second-order valence-corrected chi connectivity index (χ2v) is 7.78. The Kier molecular flexibility index (Phi) is 13.9. The van der Waals surface area contributed by atoms with Crippen LogP contribution in [0.4, 0.5) is 5.69 Å². The van der Waals surface area contributed by atoms with Gasteiger partial charge in [0.05, 0.1) is 5.69 Å². The molecular formula is C28H38ClN3. The number of rotatable bonds is 2. The summed E-state index contributed by atoms with van der Waals surface area (Å²) in [5, 5.41) is 4.31. The van der Waals surface area contributed by atoms with E-state index < -0.39 is 0 Å². The van der Waals surface area contributed by atoms with Crippen LogP contribution < -0.4 is 10.2 Å². The van der Waals surface area contributed by atoms with Gasteiger partial charge in [0, 0.05) is 41.9 Å². The molecular weight excluding hydrogens is 414 g/mol. The van der Waals surface area contributed by atoms with Crippen LogP contribution in [-0.2, 0) is 6.54 Å². The molecule has 172 valence electrons. The average molecular weight is 452 g/mol. The topological polar surface area (TPSA) is 28.2 Å². The number of anilines is 1. The lowest BCUT2D eigenvalue weighted by atomic mass is 9.86. The fourth-order valence-corrected chi connectivity index (χ4v) is 4.17. The summed E-state index contributed by atoms with van der Waals surface area (Å²) in [6.07, 6.45) is 20.3. The summed E-state index contributed by atoms with van der Waals surface area (Å²) in [6, 6.07) is 11.9. The summed E-state index contributed by atoms with van der Waals surface area (Å²) in [5.74, 6) is 0.602. The van der Waals surface area contributed by atoms with Crippen molar-refractivity contribution < 1.29 is 0 Å². The van der Waals surface area contributed by atoms with E-state index in [0.717, 1.165) is 18.1 Å². The van der Waals surface area contributed by atoms with Crippen molar-refractivity contribution in [2.24, 2.45) is 5.92 Å². The molecule has 0 spiro atoms. The lowest BCUT2D eigenvalue weighted by molar-refractivity contribution is 0.398. The molecule has 0 bridgehead atoms. The molecule has 0 radical (unpaired) electrons. The minimum absolute atomic E-state index is 0.602. The minimum Gasteiger partial charge on any atom is -0.317 e. The number of hydrogen-bond donors (Lipinski definition) is 1. The Morgan fingerprint density at radius 2 is 1.75 bits per heavy atom. The highest BCUT2D eigenvalue weighted by atomic mass is 35.5. The number of allylic oxidation sites excluding steroid dienone is 2. The average Bonchev–Trinajstić information content (AvgIpc) is 3.06. The first-order chi connectivity index (χ1) is 15.7. The number of fused-ring (bicyclic) bond motifs is 1. The Labute approximate surface area is 200 Å². The third kappa shape index (κ3) is 8.19. The first-order valence-corrected chi connectivity index (χ1v) is 11.9. The fraction of sp³-hybridized carbons (Fsp3) is 0.393. The Balaban J connectivity index is 0.000000432. The number of benzene rings is 1.